The summed E-state index contributed by atoms with van der Waals surface area (Å²) in [4.78, 5) is 34.0. The lowest BCUT2D eigenvalue weighted by atomic mass is 9.85. The molecule has 10 heteroatoms. The van der Waals surface area contributed by atoms with Crippen LogP contribution >= 0.6 is 0 Å². The third-order valence-electron chi connectivity index (χ3n) is 22.7. The van der Waals surface area contributed by atoms with Crippen molar-refractivity contribution in [3.63, 3.8) is 0 Å². The van der Waals surface area contributed by atoms with Crippen LogP contribution in [0, 0.1) is 6.57 Å². The number of furan rings is 2. The average molecular weight is 1570 g/mol. The Kier molecular flexibility index (Phi) is 19.5. The van der Waals surface area contributed by atoms with Crippen LogP contribution in [0.5, 0.6) is 0 Å². The average Bonchev–Trinajstić information content (AvgIpc) is 1.64. The molecule has 0 aliphatic heterocycles. The minimum Gasteiger partial charge on any atom is -0.456 e. The first-order valence-electron chi connectivity index (χ1n) is 41.0. The fourth-order valence-electron chi connectivity index (χ4n) is 16.8. The van der Waals surface area contributed by atoms with Crippen molar-refractivity contribution in [3.05, 3.63) is 493 Å². The summed E-state index contributed by atoms with van der Waals surface area (Å²) < 4.78 is 14.9. The van der Waals surface area contributed by atoms with E-state index in [1.807, 2.05) is 146 Å². The fraction of sp³-hybridized carbons (Fsp3) is 0. The number of nitrogens with zero attached hydrogens (tertiary/aromatic N) is 8. The van der Waals surface area contributed by atoms with E-state index in [-0.39, 0.29) is 0 Å². The Morgan fingerprint density at radius 3 is 0.837 bits per heavy atom. The van der Waals surface area contributed by atoms with Crippen LogP contribution in [0.3, 0.4) is 0 Å². The van der Waals surface area contributed by atoms with Gasteiger partial charge in [-0.25, -0.2) is 34.7 Å². The van der Waals surface area contributed by atoms with Crippen LogP contribution in [0.2, 0.25) is 0 Å². The molecule has 10 nitrogen and oxygen atoms in total. The van der Waals surface area contributed by atoms with Gasteiger partial charge in [-0.05, 0) is 145 Å². The Hall–Kier alpha value is -16.9. The predicted molar refractivity (Wildman–Crippen MR) is 502 cm³/mol. The van der Waals surface area contributed by atoms with Crippen molar-refractivity contribution in [3.8, 4) is 85.1 Å². The molecule has 5 aromatic heterocycles. The Balaban J connectivity index is 0.000000152. The third kappa shape index (κ3) is 14.6. The minimum atomic E-state index is 0.568. The van der Waals surface area contributed by atoms with Gasteiger partial charge in [-0.1, -0.05) is 370 Å². The highest BCUT2D eigenvalue weighted by molar-refractivity contribution is 6.11. The molecule has 0 saturated carbocycles. The van der Waals surface area contributed by atoms with E-state index in [1.54, 1.807) is 0 Å². The normalized spacial score (nSPS) is 11.2. The van der Waals surface area contributed by atoms with Gasteiger partial charge in [-0.2, -0.15) is 0 Å². The minimum absolute atomic E-state index is 0.568. The summed E-state index contributed by atoms with van der Waals surface area (Å²) in [6, 6.07) is 151. The highest BCUT2D eigenvalue weighted by Crippen LogP contribution is 2.44. The molecule has 17 aromatic carbocycles. The molecular formula is C113H72N8O2. The van der Waals surface area contributed by atoms with E-state index in [9.17, 15) is 0 Å². The maximum absolute atomic E-state index is 7.52. The topological polar surface area (TPSA) is 113 Å². The lowest BCUT2D eigenvalue weighted by Gasteiger charge is -2.19. The van der Waals surface area contributed by atoms with Crippen LogP contribution < -0.4 is 0 Å². The lowest BCUT2D eigenvalue weighted by Crippen LogP contribution is -2.01. The Morgan fingerprint density at radius 2 is 0.472 bits per heavy atom. The molecule has 22 rings (SSSR count). The van der Waals surface area contributed by atoms with Gasteiger partial charge >= 0.3 is 0 Å². The number of hydrogen-bond donors (Lipinski definition) is 0. The second kappa shape index (κ2) is 32.6. The molecule has 0 fully saturated rings. The zero-order valence-corrected chi connectivity index (χ0v) is 66.5. The van der Waals surface area contributed by atoms with Gasteiger partial charge in [0.05, 0.1) is 17.6 Å². The van der Waals surface area contributed by atoms with Gasteiger partial charge in [0.1, 0.15) is 22.3 Å². The van der Waals surface area contributed by atoms with Gasteiger partial charge < -0.3 is 13.4 Å². The van der Waals surface area contributed by atoms with Crippen molar-refractivity contribution in [2.24, 2.45) is 0 Å². The SMILES string of the molecule is [C-]#[N+]c1cccc(-c2ccc(C(=C(c3ccccc3)c3ccccc3)c3ccc(-c4nc(-c5ccccc5)nc(-c5ccc6c(c5)oc5ccccc56)n4)cc3)cc2)c1.c1ccc(C(=C(c2ccc(-c3nc(-c4ccccc4)nc(-c4ccc5c(c4)oc4ccccc45)n3)cc2)c2ccc(-n3c4ccccc4c4ccccc43)cc2)c2ccccc2)cc1. The number of rotatable bonds is 16. The molecule has 0 aliphatic carbocycles. The maximum Gasteiger partial charge on any atom is 0.187 e. The van der Waals surface area contributed by atoms with Gasteiger partial charge in [0.2, 0.25) is 0 Å². The summed E-state index contributed by atoms with van der Waals surface area (Å²) in [6.07, 6.45) is 0. The first-order chi connectivity index (χ1) is 60.9. The molecule has 0 unspecified atom stereocenters. The summed E-state index contributed by atoms with van der Waals surface area (Å²) in [5.74, 6) is 3.51. The van der Waals surface area contributed by atoms with Crippen LogP contribution in [0.1, 0.15) is 44.5 Å². The quantitative estimate of drug-likeness (QED) is 0.0694. The molecular weight excluding hydrogens is 1500 g/mol. The number of hydrogen-bond acceptors (Lipinski definition) is 8. The van der Waals surface area contributed by atoms with E-state index < -0.39 is 0 Å². The molecule has 123 heavy (non-hydrogen) atoms. The Labute approximate surface area is 710 Å². The van der Waals surface area contributed by atoms with Crippen LogP contribution in [-0.2, 0) is 0 Å². The largest absolute Gasteiger partial charge is 0.456 e. The first kappa shape index (κ1) is 73.7. The predicted octanol–water partition coefficient (Wildman–Crippen LogP) is 28.9. The fourth-order valence-corrected chi connectivity index (χ4v) is 16.8. The summed E-state index contributed by atoms with van der Waals surface area (Å²) in [5.41, 5.74) is 28.0. The van der Waals surface area contributed by atoms with Crippen LogP contribution in [0.4, 0.5) is 5.69 Å². The van der Waals surface area contributed by atoms with Crippen molar-refractivity contribution < 1.29 is 8.83 Å². The summed E-state index contributed by atoms with van der Waals surface area (Å²) >= 11 is 0. The number of para-hydroxylation sites is 4. The standard InChI is InChI=1S/C59H38N4O.C54H34N4O/c1-4-16-39(17-5-1)55(40-18-6-2-7-19-40)56(42-32-35-46(36-33-42)63-51-25-13-10-22-47(51)48-23-11-14-26-52(48)63)41-28-30-44(31-29-41)58-60-57(43-20-8-3-9-21-43)61-59(62-58)45-34-37-50-49-24-12-15-27-53(49)64-54(50)38-45;1-55-45-21-13-20-43(34-45)36-24-26-39(27-25-36)51(50(37-14-5-2-6-15-37)38-16-7-3-8-17-38)40-28-30-42(31-29-40)53-56-52(41-18-9-4-10-19-41)57-54(58-53)44-32-33-47-46-22-11-12-23-48(46)59-49(47)35-44/h1-38H;2-35H. The van der Waals surface area contributed by atoms with E-state index in [2.05, 4.69) is 301 Å². The monoisotopic (exact) mass is 1570 g/mol. The van der Waals surface area contributed by atoms with E-state index in [0.717, 1.165) is 161 Å². The second-order valence-electron chi connectivity index (χ2n) is 30.2. The number of aromatic nitrogens is 7. The van der Waals surface area contributed by atoms with Crippen molar-refractivity contribution in [1.29, 1.82) is 0 Å². The highest BCUT2D eigenvalue weighted by atomic mass is 16.3. The van der Waals surface area contributed by atoms with Gasteiger partial charge in [-0.15, -0.1) is 0 Å². The number of benzene rings is 17. The van der Waals surface area contributed by atoms with Crippen LogP contribution in [0.25, 0.3) is 178 Å². The maximum atomic E-state index is 7.52. The van der Waals surface area contributed by atoms with Gasteiger partial charge in [0.15, 0.2) is 40.6 Å². The van der Waals surface area contributed by atoms with E-state index in [4.69, 9.17) is 45.3 Å². The molecule has 0 amide bonds. The smallest absolute Gasteiger partial charge is 0.187 e. The van der Waals surface area contributed by atoms with Crippen molar-refractivity contribution >= 4 is 93.7 Å². The Bertz CT molecular complexity index is 7660. The van der Waals surface area contributed by atoms with Crippen LogP contribution in [0.15, 0.2) is 446 Å². The molecule has 0 bridgehead atoms. The van der Waals surface area contributed by atoms with Gasteiger partial charge in [-0.3, -0.25) is 0 Å². The molecule has 0 N–H and O–H groups in total. The van der Waals surface area contributed by atoms with E-state index >= 15 is 0 Å². The first-order valence-corrected chi connectivity index (χ1v) is 41.0. The van der Waals surface area contributed by atoms with E-state index in [0.29, 0.717) is 40.6 Å². The van der Waals surface area contributed by atoms with E-state index in [1.165, 1.54) is 21.8 Å². The molecule has 22 aromatic rings. The van der Waals surface area contributed by atoms with Gasteiger partial charge in [0.25, 0.3) is 0 Å². The third-order valence-corrected chi connectivity index (χ3v) is 22.7. The second-order valence-corrected chi connectivity index (χ2v) is 30.2. The zero-order valence-electron chi connectivity index (χ0n) is 66.5. The molecule has 0 radical (unpaired) electrons. The molecule has 0 atom stereocenters. The number of fused-ring (bicyclic) bond motifs is 9. The highest BCUT2D eigenvalue weighted by Gasteiger charge is 2.24. The summed E-state index contributed by atoms with van der Waals surface area (Å²) in [5, 5.41) is 6.76. The zero-order chi connectivity index (χ0) is 81.9. The molecule has 0 spiro atoms. The molecule has 5 heterocycles. The van der Waals surface area contributed by atoms with Gasteiger partial charge in [0, 0.05) is 71.4 Å². The Morgan fingerprint density at radius 1 is 0.203 bits per heavy atom. The van der Waals surface area contributed by atoms with Crippen molar-refractivity contribution in [2.75, 3.05) is 0 Å². The molecule has 0 saturated heterocycles. The van der Waals surface area contributed by atoms with Crippen molar-refractivity contribution in [2.45, 2.75) is 0 Å². The lowest BCUT2D eigenvalue weighted by molar-refractivity contribution is 0.668. The molecule has 576 valence electrons. The van der Waals surface area contributed by atoms with Crippen LogP contribution in [-0.4, -0.2) is 34.5 Å². The summed E-state index contributed by atoms with van der Waals surface area (Å²) in [7, 11) is 0. The van der Waals surface area contributed by atoms with Crippen molar-refractivity contribution in [1.82, 2.24) is 34.5 Å². The summed E-state index contributed by atoms with van der Waals surface area (Å²) in [6.45, 7) is 7.52. The molecule has 0 aliphatic rings.